The second-order valence-corrected chi connectivity index (χ2v) is 3.11. The van der Waals surface area contributed by atoms with Crippen molar-refractivity contribution in [3.05, 3.63) is 29.8 Å². The van der Waals surface area contributed by atoms with Crippen molar-refractivity contribution in [2.45, 2.75) is 6.10 Å². The summed E-state index contributed by atoms with van der Waals surface area (Å²) < 4.78 is 30.3. The van der Waals surface area contributed by atoms with E-state index in [2.05, 4.69) is 5.32 Å². The molecule has 0 amide bonds. The van der Waals surface area contributed by atoms with E-state index < -0.39 is 17.7 Å². The second-order valence-electron chi connectivity index (χ2n) is 3.11. The molecule has 0 aliphatic rings. The highest BCUT2D eigenvalue weighted by Gasteiger charge is 2.06. The van der Waals surface area contributed by atoms with Crippen LogP contribution in [-0.4, -0.2) is 31.5 Å². The van der Waals surface area contributed by atoms with Crippen LogP contribution < -0.4 is 5.32 Å². The fraction of sp³-hybridized carbons (Fsp3) is 0.400. The van der Waals surface area contributed by atoms with E-state index in [0.29, 0.717) is 0 Å². The number of halogens is 2. The third kappa shape index (κ3) is 3.81. The number of benzene rings is 1. The average Bonchev–Trinajstić information content (AvgIpc) is 2.17. The lowest BCUT2D eigenvalue weighted by atomic mass is 10.3. The largest absolute Gasteiger partial charge is 0.389 e. The molecule has 0 spiro atoms. The van der Waals surface area contributed by atoms with Gasteiger partial charge >= 0.3 is 0 Å². The first-order valence-corrected chi connectivity index (χ1v) is 4.49. The highest BCUT2D eigenvalue weighted by atomic mass is 19.1. The predicted octanol–water partition coefficient (Wildman–Crippen LogP) is 1.38. The Balaban J connectivity index is 2.50. The lowest BCUT2D eigenvalue weighted by Crippen LogP contribution is -2.24. The van der Waals surface area contributed by atoms with Crippen LogP contribution in [0.25, 0.3) is 0 Å². The zero-order chi connectivity index (χ0) is 11.3. The molecular formula is C10H13F2NO2. The maximum Gasteiger partial charge on any atom is 0.149 e. The maximum atomic E-state index is 13.1. The van der Waals surface area contributed by atoms with Gasteiger partial charge in [-0.3, -0.25) is 0 Å². The molecule has 0 aliphatic heterocycles. The second kappa shape index (κ2) is 5.63. The van der Waals surface area contributed by atoms with Gasteiger partial charge in [0, 0.05) is 19.7 Å². The molecule has 5 heteroatoms. The van der Waals surface area contributed by atoms with E-state index in [1.54, 1.807) is 0 Å². The SMILES string of the molecule is COCC(O)CNc1ccc(F)cc1F. The Morgan fingerprint density at radius 2 is 2.20 bits per heavy atom. The topological polar surface area (TPSA) is 41.5 Å². The molecule has 0 heterocycles. The smallest absolute Gasteiger partial charge is 0.149 e. The number of aliphatic hydroxyl groups excluding tert-OH is 1. The minimum absolute atomic E-state index is 0.149. The first kappa shape index (κ1) is 11.9. The van der Waals surface area contributed by atoms with Crippen LogP contribution in [0.4, 0.5) is 14.5 Å². The molecule has 15 heavy (non-hydrogen) atoms. The van der Waals surface area contributed by atoms with Crippen LogP contribution in [-0.2, 0) is 4.74 Å². The summed E-state index contributed by atoms with van der Waals surface area (Å²) in [5, 5.41) is 11.9. The monoisotopic (exact) mass is 217 g/mol. The third-order valence-corrected chi connectivity index (χ3v) is 1.82. The molecule has 1 unspecified atom stereocenters. The van der Waals surface area contributed by atoms with Gasteiger partial charge in [-0.25, -0.2) is 8.78 Å². The van der Waals surface area contributed by atoms with Gasteiger partial charge in [0.15, 0.2) is 0 Å². The predicted molar refractivity (Wildman–Crippen MR) is 52.7 cm³/mol. The van der Waals surface area contributed by atoms with Crippen LogP contribution in [0.3, 0.4) is 0 Å². The van der Waals surface area contributed by atoms with Gasteiger partial charge < -0.3 is 15.2 Å². The highest BCUT2D eigenvalue weighted by molar-refractivity contribution is 5.44. The normalized spacial score (nSPS) is 12.5. The summed E-state index contributed by atoms with van der Waals surface area (Å²) >= 11 is 0. The lowest BCUT2D eigenvalue weighted by Gasteiger charge is -2.12. The van der Waals surface area contributed by atoms with Gasteiger partial charge in [-0.1, -0.05) is 0 Å². The van der Waals surface area contributed by atoms with Gasteiger partial charge in [0.25, 0.3) is 0 Å². The van der Waals surface area contributed by atoms with Crippen LogP contribution in [0.1, 0.15) is 0 Å². The van der Waals surface area contributed by atoms with Crippen molar-refractivity contribution in [1.82, 2.24) is 0 Å². The van der Waals surface area contributed by atoms with E-state index in [4.69, 9.17) is 4.74 Å². The molecule has 0 saturated carbocycles. The van der Waals surface area contributed by atoms with Crippen LogP contribution in [0.5, 0.6) is 0 Å². The quantitative estimate of drug-likeness (QED) is 0.783. The zero-order valence-electron chi connectivity index (χ0n) is 8.34. The van der Waals surface area contributed by atoms with Gasteiger partial charge in [-0.15, -0.1) is 0 Å². The Hall–Kier alpha value is -1.20. The summed E-state index contributed by atoms with van der Waals surface area (Å²) in [6, 6.07) is 3.21. The van der Waals surface area contributed by atoms with Gasteiger partial charge in [0.1, 0.15) is 11.6 Å². The van der Waals surface area contributed by atoms with E-state index in [-0.39, 0.29) is 18.8 Å². The number of hydrogen-bond acceptors (Lipinski definition) is 3. The van der Waals surface area contributed by atoms with E-state index in [1.807, 2.05) is 0 Å². The minimum Gasteiger partial charge on any atom is -0.389 e. The molecular weight excluding hydrogens is 204 g/mol. The molecule has 1 aromatic carbocycles. The molecule has 0 aromatic heterocycles. The number of aliphatic hydroxyl groups is 1. The van der Waals surface area contributed by atoms with Gasteiger partial charge in [0.05, 0.1) is 18.4 Å². The minimum atomic E-state index is -0.723. The summed E-state index contributed by atoms with van der Waals surface area (Å²) in [5.74, 6) is -1.31. The first-order valence-electron chi connectivity index (χ1n) is 4.49. The molecule has 1 atom stereocenters. The van der Waals surface area contributed by atoms with Crippen LogP contribution in [0, 0.1) is 11.6 Å². The average molecular weight is 217 g/mol. The number of ether oxygens (including phenoxy) is 1. The molecule has 0 radical (unpaired) electrons. The number of nitrogens with one attached hydrogen (secondary N) is 1. The highest BCUT2D eigenvalue weighted by Crippen LogP contribution is 2.14. The van der Waals surface area contributed by atoms with Crippen LogP contribution in [0.15, 0.2) is 18.2 Å². The van der Waals surface area contributed by atoms with E-state index in [9.17, 15) is 13.9 Å². The van der Waals surface area contributed by atoms with Gasteiger partial charge in [-0.2, -0.15) is 0 Å². The Bertz CT molecular complexity index is 320. The van der Waals surface area contributed by atoms with Crippen LogP contribution in [0.2, 0.25) is 0 Å². The standard InChI is InChI=1S/C10H13F2NO2/c1-15-6-8(14)5-13-10-3-2-7(11)4-9(10)12/h2-4,8,13-14H,5-6H2,1H3. The Labute approximate surface area is 86.7 Å². The Morgan fingerprint density at radius 1 is 1.47 bits per heavy atom. The van der Waals surface area contributed by atoms with Crippen molar-refractivity contribution in [3.8, 4) is 0 Å². The summed E-state index contributed by atoms with van der Waals surface area (Å²) in [6.45, 7) is 0.312. The molecule has 1 aromatic rings. The first-order chi connectivity index (χ1) is 7.13. The van der Waals surface area contributed by atoms with Crippen molar-refractivity contribution in [2.24, 2.45) is 0 Å². The number of methoxy groups -OCH3 is 1. The maximum absolute atomic E-state index is 13.1. The fourth-order valence-electron chi connectivity index (χ4n) is 1.11. The Morgan fingerprint density at radius 3 is 2.80 bits per heavy atom. The molecule has 1 rings (SSSR count). The Kier molecular flexibility index (Phi) is 4.45. The van der Waals surface area contributed by atoms with Crippen LogP contribution >= 0.6 is 0 Å². The number of anilines is 1. The lowest BCUT2D eigenvalue weighted by molar-refractivity contribution is 0.0727. The van der Waals surface area contributed by atoms with Crippen molar-refractivity contribution in [3.63, 3.8) is 0 Å². The van der Waals surface area contributed by atoms with E-state index >= 15 is 0 Å². The van der Waals surface area contributed by atoms with Crippen molar-refractivity contribution >= 4 is 5.69 Å². The van der Waals surface area contributed by atoms with Gasteiger partial charge in [0.2, 0.25) is 0 Å². The van der Waals surface area contributed by atoms with Gasteiger partial charge in [-0.05, 0) is 12.1 Å². The third-order valence-electron chi connectivity index (χ3n) is 1.82. The van der Waals surface area contributed by atoms with E-state index in [1.165, 1.54) is 13.2 Å². The number of hydrogen-bond donors (Lipinski definition) is 2. The number of rotatable bonds is 5. The van der Waals surface area contributed by atoms with Crippen molar-refractivity contribution < 1.29 is 18.6 Å². The van der Waals surface area contributed by atoms with Crippen molar-refractivity contribution in [2.75, 3.05) is 25.6 Å². The molecule has 0 aliphatic carbocycles. The molecule has 84 valence electrons. The summed E-state index contributed by atoms with van der Waals surface area (Å²) in [7, 11) is 1.46. The van der Waals surface area contributed by atoms with Crippen molar-refractivity contribution in [1.29, 1.82) is 0 Å². The fourth-order valence-corrected chi connectivity index (χ4v) is 1.11. The molecule has 2 N–H and O–H groups in total. The zero-order valence-corrected chi connectivity index (χ0v) is 8.34. The summed E-state index contributed by atoms with van der Waals surface area (Å²) in [5.41, 5.74) is 0.159. The molecule has 0 bridgehead atoms. The summed E-state index contributed by atoms with van der Waals surface area (Å²) in [4.78, 5) is 0. The molecule has 3 nitrogen and oxygen atoms in total. The molecule has 0 saturated heterocycles. The van der Waals surface area contributed by atoms with E-state index in [0.717, 1.165) is 12.1 Å². The summed E-state index contributed by atoms with van der Waals surface area (Å²) in [6.07, 6.45) is -0.723. The molecule has 0 fully saturated rings.